The summed E-state index contributed by atoms with van der Waals surface area (Å²) in [6.07, 6.45) is 2.34. The molecule has 1 fully saturated rings. The maximum absolute atomic E-state index is 5.97. The summed E-state index contributed by atoms with van der Waals surface area (Å²) in [5.41, 5.74) is 6.58. The molecule has 0 spiro atoms. The maximum Gasteiger partial charge on any atom is 0.239 e. The zero-order valence-corrected chi connectivity index (χ0v) is 13.7. The lowest BCUT2D eigenvalue weighted by atomic mass is 10.2. The average Bonchev–Trinajstić information content (AvgIpc) is 2.62. The maximum atomic E-state index is 5.97. The van der Waals surface area contributed by atoms with E-state index in [9.17, 15) is 0 Å². The molecule has 0 aliphatic carbocycles. The normalized spacial score (nSPS) is 20.6. The zero-order chi connectivity index (χ0) is 15.4. The first-order valence-electron chi connectivity index (χ1n) is 7.89. The number of ether oxygens (including phenoxy) is 1. The summed E-state index contributed by atoms with van der Waals surface area (Å²) < 4.78 is 5.72. The van der Waals surface area contributed by atoms with Gasteiger partial charge in [0, 0.05) is 19.1 Å². The number of aromatic nitrogens is 1. The van der Waals surface area contributed by atoms with Gasteiger partial charge >= 0.3 is 0 Å². The quantitative estimate of drug-likeness (QED) is 0.923. The van der Waals surface area contributed by atoms with Gasteiger partial charge in [-0.25, -0.2) is 0 Å². The lowest BCUT2D eigenvalue weighted by Gasteiger charge is -2.31. The van der Waals surface area contributed by atoms with Crippen LogP contribution in [0.1, 0.15) is 33.6 Å². The highest BCUT2D eigenvalue weighted by atomic mass is 16.5. The van der Waals surface area contributed by atoms with E-state index < -0.39 is 0 Å². The molecule has 2 rings (SSSR count). The summed E-state index contributed by atoms with van der Waals surface area (Å²) in [4.78, 5) is 9.46. The number of hydrogen-bond donors (Lipinski definition) is 1. The number of rotatable bonds is 4. The minimum absolute atomic E-state index is 0.0762. The van der Waals surface area contributed by atoms with E-state index in [-0.39, 0.29) is 6.10 Å². The number of nitrogens with zero attached hydrogens (tertiary/aromatic N) is 3. The molecule has 0 radical (unpaired) electrons. The number of hydrogen-bond acceptors (Lipinski definition) is 5. The van der Waals surface area contributed by atoms with E-state index >= 15 is 0 Å². The Hall–Kier alpha value is -1.49. The molecular weight excluding hydrogens is 264 g/mol. The van der Waals surface area contributed by atoms with Crippen molar-refractivity contribution in [2.75, 3.05) is 37.3 Å². The molecule has 0 saturated carbocycles. The van der Waals surface area contributed by atoms with Crippen molar-refractivity contribution in [3.8, 4) is 5.88 Å². The summed E-state index contributed by atoms with van der Waals surface area (Å²) in [5, 5.41) is 0. The van der Waals surface area contributed by atoms with Gasteiger partial charge in [0.25, 0.3) is 0 Å². The van der Waals surface area contributed by atoms with Crippen LogP contribution in [0.4, 0.5) is 11.5 Å². The number of likely N-dealkylation sites (N-methyl/N-ethyl adjacent to an activating group) is 1. The average molecular weight is 292 g/mol. The van der Waals surface area contributed by atoms with Gasteiger partial charge in [-0.05, 0) is 52.4 Å². The van der Waals surface area contributed by atoms with Crippen LogP contribution < -0.4 is 15.4 Å². The van der Waals surface area contributed by atoms with Crippen molar-refractivity contribution in [2.24, 2.45) is 0 Å². The monoisotopic (exact) mass is 292 g/mol. The fourth-order valence-corrected chi connectivity index (χ4v) is 2.81. The van der Waals surface area contributed by atoms with E-state index in [1.54, 1.807) is 0 Å². The highest BCUT2D eigenvalue weighted by Crippen LogP contribution is 2.27. The second-order valence-electron chi connectivity index (χ2n) is 6.10. The van der Waals surface area contributed by atoms with Crippen LogP contribution >= 0.6 is 0 Å². The summed E-state index contributed by atoms with van der Waals surface area (Å²) in [6.45, 7) is 9.45. The summed E-state index contributed by atoms with van der Waals surface area (Å²) in [5.74, 6) is 1.52. The molecule has 1 aromatic heterocycles. The van der Waals surface area contributed by atoms with Crippen LogP contribution in [0.5, 0.6) is 5.88 Å². The first-order valence-corrected chi connectivity index (χ1v) is 7.89. The zero-order valence-electron chi connectivity index (χ0n) is 13.7. The van der Waals surface area contributed by atoms with E-state index in [0.717, 1.165) is 38.3 Å². The summed E-state index contributed by atoms with van der Waals surface area (Å²) in [6, 6.07) is 4.40. The number of nitrogens with two attached hydrogens (primary N) is 1. The predicted octanol–water partition coefficient (Wildman–Crippen LogP) is 2.37. The molecule has 118 valence electrons. The SMILES string of the molecule is CCC1CN(C)CCCN1c1ccc(N)c(OC(C)C)n1. The second kappa shape index (κ2) is 6.98. The van der Waals surface area contributed by atoms with Gasteiger partial charge in [0.05, 0.1) is 11.8 Å². The van der Waals surface area contributed by atoms with Crippen LogP contribution in [0.2, 0.25) is 0 Å². The Morgan fingerprint density at radius 2 is 2.14 bits per heavy atom. The molecule has 2 N–H and O–H groups in total. The molecule has 1 aliphatic heterocycles. The third-order valence-electron chi connectivity index (χ3n) is 3.89. The van der Waals surface area contributed by atoms with Gasteiger partial charge in [-0.3, -0.25) is 0 Å². The molecule has 1 saturated heterocycles. The Balaban J connectivity index is 2.26. The molecule has 5 nitrogen and oxygen atoms in total. The van der Waals surface area contributed by atoms with E-state index in [1.807, 2.05) is 26.0 Å². The van der Waals surface area contributed by atoms with Gasteiger partial charge in [-0.2, -0.15) is 4.98 Å². The molecular formula is C16H28N4O. The fraction of sp³-hybridized carbons (Fsp3) is 0.688. The topological polar surface area (TPSA) is 54.6 Å². The highest BCUT2D eigenvalue weighted by molar-refractivity contribution is 5.55. The Morgan fingerprint density at radius 3 is 2.81 bits per heavy atom. The van der Waals surface area contributed by atoms with Gasteiger partial charge in [0.2, 0.25) is 5.88 Å². The van der Waals surface area contributed by atoms with Crippen molar-refractivity contribution in [2.45, 2.75) is 45.8 Å². The van der Waals surface area contributed by atoms with E-state index in [4.69, 9.17) is 10.5 Å². The van der Waals surface area contributed by atoms with Crippen molar-refractivity contribution in [3.05, 3.63) is 12.1 Å². The third kappa shape index (κ3) is 4.00. The molecule has 0 aromatic carbocycles. The standard InChI is InChI=1S/C16H28N4O/c1-5-13-11-19(4)9-6-10-20(13)15-8-7-14(17)16(18-15)21-12(2)3/h7-8,12-13H,5-6,9-11,17H2,1-4H3. The highest BCUT2D eigenvalue weighted by Gasteiger charge is 2.23. The second-order valence-corrected chi connectivity index (χ2v) is 6.10. The Kier molecular flexibility index (Phi) is 5.28. The Labute approximate surface area is 128 Å². The molecule has 1 aliphatic rings. The fourth-order valence-electron chi connectivity index (χ4n) is 2.81. The van der Waals surface area contributed by atoms with Crippen molar-refractivity contribution < 1.29 is 4.74 Å². The molecule has 0 amide bonds. The Bertz CT molecular complexity index is 464. The van der Waals surface area contributed by atoms with E-state index in [1.165, 1.54) is 0 Å². The van der Waals surface area contributed by atoms with Crippen LogP contribution in [0.3, 0.4) is 0 Å². The molecule has 1 aromatic rings. The first kappa shape index (κ1) is 15.9. The number of pyridine rings is 1. The van der Waals surface area contributed by atoms with Crippen molar-refractivity contribution in [1.82, 2.24) is 9.88 Å². The van der Waals surface area contributed by atoms with Crippen molar-refractivity contribution in [3.63, 3.8) is 0 Å². The third-order valence-corrected chi connectivity index (χ3v) is 3.89. The Morgan fingerprint density at radius 1 is 1.38 bits per heavy atom. The molecule has 21 heavy (non-hydrogen) atoms. The van der Waals surface area contributed by atoms with E-state index in [2.05, 4.69) is 28.8 Å². The van der Waals surface area contributed by atoms with Crippen LogP contribution in [-0.2, 0) is 0 Å². The number of anilines is 2. The first-order chi connectivity index (χ1) is 10.0. The van der Waals surface area contributed by atoms with Crippen LogP contribution in [0.15, 0.2) is 12.1 Å². The van der Waals surface area contributed by atoms with Gasteiger partial charge in [0.1, 0.15) is 5.82 Å². The predicted molar refractivity (Wildman–Crippen MR) is 88.0 cm³/mol. The van der Waals surface area contributed by atoms with Crippen LogP contribution in [-0.4, -0.2) is 48.7 Å². The van der Waals surface area contributed by atoms with Gasteiger partial charge in [0.15, 0.2) is 0 Å². The van der Waals surface area contributed by atoms with Crippen LogP contribution in [0.25, 0.3) is 0 Å². The van der Waals surface area contributed by atoms with Gasteiger partial charge in [-0.1, -0.05) is 6.92 Å². The van der Waals surface area contributed by atoms with Crippen LogP contribution in [0, 0.1) is 0 Å². The summed E-state index contributed by atoms with van der Waals surface area (Å²) >= 11 is 0. The molecule has 1 atom stereocenters. The minimum Gasteiger partial charge on any atom is -0.473 e. The van der Waals surface area contributed by atoms with E-state index in [0.29, 0.717) is 17.6 Å². The largest absolute Gasteiger partial charge is 0.473 e. The lowest BCUT2D eigenvalue weighted by Crippen LogP contribution is -2.40. The molecule has 0 bridgehead atoms. The van der Waals surface area contributed by atoms with Gasteiger partial charge in [-0.15, -0.1) is 0 Å². The van der Waals surface area contributed by atoms with Crippen molar-refractivity contribution in [1.29, 1.82) is 0 Å². The van der Waals surface area contributed by atoms with Crippen molar-refractivity contribution >= 4 is 11.5 Å². The minimum atomic E-state index is 0.0762. The van der Waals surface area contributed by atoms with Gasteiger partial charge < -0.3 is 20.3 Å². The molecule has 2 heterocycles. The summed E-state index contributed by atoms with van der Waals surface area (Å²) in [7, 11) is 2.19. The number of nitrogen functional groups attached to an aromatic ring is 1. The molecule has 1 unspecified atom stereocenters. The smallest absolute Gasteiger partial charge is 0.239 e. The molecule has 5 heteroatoms. The lowest BCUT2D eigenvalue weighted by molar-refractivity contribution is 0.234.